The van der Waals surface area contributed by atoms with E-state index >= 15 is 0 Å². The van der Waals surface area contributed by atoms with E-state index in [1.807, 2.05) is 25.3 Å². The molecule has 1 atom stereocenters. The quantitative estimate of drug-likeness (QED) is 0.709. The van der Waals surface area contributed by atoms with E-state index in [2.05, 4.69) is 15.5 Å². The topological polar surface area (TPSA) is 91.6 Å². The second kappa shape index (κ2) is 8.30. The highest BCUT2D eigenvalue weighted by atomic mass is 32.2. The number of carbonyl (C=O) groups is 2. The summed E-state index contributed by atoms with van der Waals surface area (Å²) in [6, 6.07) is 0. The third kappa shape index (κ3) is 5.21. The first-order valence-electron chi connectivity index (χ1n) is 7.50. The summed E-state index contributed by atoms with van der Waals surface area (Å²) in [5.74, 6) is 1.26. The van der Waals surface area contributed by atoms with Gasteiger partial charge in [-0.3, -0.25) is 9.59 Å². The molecule has 0 aliphatic carbocycles. The van der Waals surface area contributed by atoms with Crippen LogP contribution in [0.2, 0.25) is 0 Å². The zero-order valence-electron chi connectivity index (χ0n) is 13.7. The second-order valence-corrected chi connectivity index (χ2v) is 6.67. The van der Waals surface area contributed by atoms with Crippen molar-refractivity contribution in [2.24, 2.45) is 5.92 Å². The minimum Gasteiger partial charge on any atom is -0.347 e. The third-order valence-electron chi connectivity index (χ3n) is 3.60. The Hall–Kier alpha value is -1.61. The van der Waals surface area contributed by atoms with Crippen LogP contribution >= 0.6 is 11.8 Å². The first kappa shape index (κ1) is 17.7. The van der Waals surface area contributed by atoms with Gasteiger partial charge in [0.25, 0.3) is 0 Å². The first-order chi connectivity index (χ1) is 11.0. The van der Waals surface area contributed by atoms with Gasteiger partial charge in [-0.2, -0.15) is 16.7 Å². The maximum absolute atomic E-state index is 12.2. The van der Waals surface area contributed by atoms with Crippen LogP contribution < -0.4 is 5.32 Å². The van der Waals surface area contributed by atoms with E-state index in [0.717, 1.165) is 6.54 Å². The van der Waals surface area contributed by atoms with Crippen LogP contribution in [0.5, 0.6) is 0 Å². The van der Waals surface area contributed by atoms with Gasteiger partial charge in [0.15, 0.2) is 5.82 Å². The largest absolute Gasteiger partial charge is 0.347 e. The van der Waals surface area contributed by atoms with Crippen LogP contribution in [0, 0.1) is 5.92 Å². The number of thioether (sulfide) groups is 1. The first-order valence-corrected chi connectivity index (χ1v) is 8.89. The molecule has 8 nitrogen and oxygen atoms in total. The number of likely N-dealkylation sites (tertiary alicyclic amines) is 1. The van der Waals surface area contributed by atoms with E-state index in [9.17, 15) is 9.59 Å². The SMILES string of the molecule is CSCc1noc(CNC(=O)C2CC(=O)N(CCN(C)C)C2)n1. The van der Waals surface area contributed by atoms with Crippen molar-refractivity contribution in [2.45, 2.75) is 18.7 Å². The fraction of sp³-hybridized carbons (Fsp3) is 0.714. The van der Waals surface area contributed by atoms with Gasteiger partial charge in [-0.05, 0) is 20.4 Å². The highest BCUT2D eigenvalue weighted by Gasteiger charge is 2.34. The normalized spacial score (nSPS) is 18.0. The lowest BCUT2D eigenvalue weighted by atomic mass is 10.1. The fourth-order valence-electron chi connectivity index (χ4n) is 2.34. The number of nitrogens with one attached hydrogen (secondary N) is 1. The van der Waals surface area contributed by atoms with E-state index in [1.165, 1.54) is 0 Å². The Balaban J connectivity index is 1.78. The average molecular weight is 341 g/mol. The molecule has 0 saturated carbocycles. The Kier molecular flexibility index (Phi) is 6.40. The second-order valence-electron chi connectivity index (χ2n) is 5.80. The van der Waals surface area contributed by atoms with Gasteiger partial charge in [0, 0.05) is 26.1 Å². The predicted molar refractivity (Wildman–Crippen MR) is 86.6 cm³/mol. The Morgan fingerprint density at radius 2 is 2.30 bits per heavy atom. The molecule has 128 valence electrons. The molecule has 1 N–H and O–H groups in total. The highest BCUT2D eigenvalue weighted by molar-refractivity contribution is 7.97. The molecule has 0 bridgehead atoms. The van der Waals surface area contributed by atoms with Gasteiger partial charge < -0.3 is 19.6 Å². The minimum absolute atomic E-state index is 0.0343. The van der Waals surface area contributed by atoms with Crippen molar-refractivity contribution >= 4 is 23.6 Å². The monoisotopic (exact) mass is 341 g/mol. The van der Waals surface area contributed by atoms with Gasteiger partial charge in [-0.1, -0.05) is 5.16 Å². The van der Waals surface area contributed by atoms with Crippen LogP contribution in [0.15, 0.2) is 4.52 Å². The Bertz CT molecular complexity index is 548. The number of hydrogen-bond donors (Lipinski definition) is 1. The van der Waals surface area contributed by atoms with E-state index in [4.69, 9.17) is 4.52 Å². The van der Waals surface area contributed by atoms with Crippen LogP contribution in [-0.2, 0) is 21.9 Å². The summed E-state index contributed by atoms with van der Waals surface area (Å²) in [5.41, 5.74) is 0. The highest BCUT2D eigenvalue weighted by Crippen LogP contribution is 2.17. The summed E-state index contributed by atoms with van der Waals surface area (Å²) >= 11 is 1.60. The van der Waals surface area contributed by atoms with Gasteiger partial charge in [0.05, 0.1) is 18.2 Å². The summed E-state index contributed by atoms with van der Waals surface area (Å²) in [7, 11) is 3.92. The van der Waals surface area contributed by atoms with Crippen LogP contribution in [0.3, 0.4) is 0 Å². The molecule has 1 fully saturated rings. The molecule has 0 aromatic carbocycles. The number of aromatic nitrogens is 2. The molecule has 1 unspecified atom stereocenters. The van der Waals surface area contributed by atoms with Gasteiger partial charge >= 0.3 is 0 Å². The molecule has 0 spiro atoms. The van der Waals surface area contributed by atoms with Gasteiger partial charge in [-0.25, -0.2) is 0 Å². The molecule has 0 radical (unpaired) electrons. The van der Waals surface area contributed by atoms with Crippen LogP contribution in [0.25, 0.3) is 0 Å². The smallest absolute Gasteiger partial charge is 0.246 e. The summed E-state index contributed by atoms with van der Waals surface area (Å²) in [6.07, 6.45) is 2.22. The average Bonchev–Trinajstić information content (AvgIpc) is 3.10. The van der Waals surface area contributed by atoms with E-state index in [1.54, 1.807) is 16.7 Å². The maximum atomic E-state index is 12.2. The summed E-state index contributed by atoms with van der Waals surface area (Å²) < 4.78 is 5.07. The van der Waals surface area contributed by atoms with Crippen molar-refractivity contribution in [2.75, 3.05) is 40.0 Å². The summed E-state index contributed by atoms with van der Waals surface area (Å²) in [6.45, 7) is 2.11. The predicted octanol–water partition coefficient (Wildman–Crippen LogP) is -0.0411. The Labute approximate surface area is 140 Å². The molecule has 1 aromatic rings. The molecule has 23 heavy (non-hydrogen) atoms. The van der Waals surface area contributed by atoms with Crippen molar-refractivity contribution in [3.63, 3.8) is 0 Å². The Morgan fingerprint density at radius 3 is 3.00 bits per heavy atom. The minimum atomic E-state index is -0.307. The van der Waals surface area contributed by atoms with Crippen molar-refractivity contribution in [3.05, 3.63) is 11.7 Å². The molecule has 1 saturated heterocycles. The lowest BCUT2D eigenvalue weighted by molar-refractivity contribution is -0.129. The molecule has 1 aromatic heterocycles. The number of rotatable bonds is 8. The Morgan fingerprint density at radius 1 is 1.52 bits per heavy atom. The molecule has 2 rings (SSSR count). The van der Waals surface area contributed by atoms with Crippen LogP contribution in [0.4, 0.5) is 0 Å². The van der Waals surface area contributed by atoms with Gasteiger partial charge in [0.1, 0.15) is 0 Å². The number of hydrogen-bond acceptors (Lipinski definition) is 7. The number of nitrogens with zero attached hydrogens (tertiary/aromatic N) is 4. The van der Waals surface area contributed by atoms with E-state index in [0.29, 0.717) is 30.6 Å². The van der Waals surface area contributed by atoms with Crippen molar-refractivity contribution in [1.82, 2.24) is 25.3 Å². The zero-order valence-corrected chi connectivity index (χ0v) is 14.6. The lowest BCUT2D eigenvalue weighted by Gasteiger charge is -2.19. The van der Waals surface area contributed by atoms with Crippen LogP contribution in [0.1, 0.15) is 18.1 Å². The van der Waals surface area contributed by atoms with Crippen molar-refractivity contribution in [3.8, 4) is 0 Å². The molecule has 9 heteroatoms. The standard InChI is InChI=1S/C14H23N5O3S/c1-18(2)4-5-19-8-10(6-13(19)20)14(21)15-7-12-16-11(9-23-3)17-22-12/h10H,4-9H2,1-3H3,(H,15,21). The number of amides is 2. The van der Waals surface area contributed by atoms with Crippen molar-refractivity contribution in [1.29, 1.82) is 0 Å². The van der Waals surface area contributed by atoms with E-state index < -0.39 is 0 Å². The summed E-state index contributed by atoms with van der Waals surface area (Å²) in [4.78, 5) is 32.1. The summed E-state index contributed by atoms with van der Waals surface area (Å²) in [5, 5.41) is 6.59. The molecular formula is C14H23N5O3S. The van der Waals surface area contributed by atoms with E-state index in [-0.39, 0.29) is 30.7 Å². The molecule has 2 heterocycles. The number of likely N-dealkylation sites (N-methyl/N-ethyl adjacent to an activating group) is 1. The zero-order chi connectivity index (χ0) is 16.8. The van der Waals surface area contributed by atoms with Gasteiger partial charge in [0.2, 0.25) is 17.7 Å². The lowest BCUT2D eigenvalue weighted by Crippen LogP contribution is -2.35. The fourth-order valence-corrected chi connectivity index (χ4v) is 2.72. The van der Waals surface area contributed by atoms with Crippen LogP contribution in [-0.4, -0.2) is 71.7 Å². The van der Waals surface area contributed by atoms with Gasteiger partial charge in [-0.15, -0.1) is 0 Å². The molecule has 2 amide bonds. The third-order valence-corrected chi connectivity index (χ3v) is 4.15. The molecule has 1 aliphatic heterocycles. The van der Waals surface area contributed by atoms with Crippen molar-refractivity contribution < 1.29 is 14.1 Å². The maximum Gasteiger partial charge on any atom is 0.246 e. The number of carbonyl (C=O) groups excluding carboxylic acids is 2. The molecule has 1 aliphatic rings. The molecular weight excluding hydrogens is 318 g/mol.